The summed E-state index contributed by atoms with van der Waals surface area (Å²) >= 11 is 1.64. The number of thiophene rings is 1. The van der Waals surface area contributed by atoms with E-state index in [-0.39, 0.29) is 18.0 Å². The predicted molar refractivity (Wildman–Crippen MR) is 82.2 cm³/mol. The standard InChI is InChI=1S/C15H22N2O3S/c1-4-11(12-6-5-9-21-12)16-14(19)17-8-7-15(2,10-17)13(18)20-3/h5-6,9,11H,4,7-8,10H2,1-3H3,(H,16,19)/t11-,15-/m0/s1. The summed E-state index contributed by atoms with van der Waals surface area (Å²) in [6, 6.07) is 3.94. The second-order valence-corrected chi connectivity index (χ2v) is 6.63. The number of methoxy groups -OCH3 is 1. The first-order chi connectivity index (χ1) is 10.00. The van der Waals surface area contributed by atoms with Gasteiger partial charge >= 0.3 is 12.0 Å². The third-order valence-electron chi connectivity index (χ3n) is 4.03. The molecule has 2 amide bonds. The molecule has 0 unspecified atom stereocenters. The highest BCUT2D eigenvalue weighted by Gasteiger charge is 2.43. The van der Waals surface area contributed by atoms with Crippen LogP contribution in [0.3, 0.4) is 0 Å². The molecular weight excluding hydrogens is 288 g/mol. The van der Waals surface area contributed by atoms with E-state index in [9.17, 15) is 9.59 Å². The highest BCUT2D eigenvalue weighted by molar-refractivity contribution is 7.10. The molecular formula is C15H22N2O3S. The Morgan fingerprint density at radius 1 is 1.57 bits per heavy atom. The van der Waals surface area contributed by atoms with Crippen LogP contribution in [-0.2, 0) is 9.53 Å². The lowest BCUT2D eigenvalue weighted by Gasteiger charge is -2.24. The van der Waals surface area contributed by atoms with E-state index >= 15 is 0 Å². The summed E-state index contributed by atoms with van der Waals surface area (Å²) in [6.07, 6.45) is 1.48. The molecule has 21 heavy (non-hydrogen) atoms. The van der Waals surface area contributed by atoms with Crippen molar-refractivity contribution in [3.63, 3.8) is 0 Å². The molecule has 1 saturated heterocycles. The van der Waals surface area contributed by atoms with Crippen molar-refractivity contribution < 1.29 is 14.3 Å². The molecule has 1 fully saturated rings. The second-order valence-electron chi connectivity index (χ2n) is 5.65. The van der Waals surface area contributed by atoms with Crippen LogP contribution in [0.25, 0.3) is 0 Å². The fourth-order valence-corrected chi connectivity index (χ4v) is 3.51. The summed E-state index contributed by atoms with van der Waals surface area (Å²) in [5.41, 5.74) is -0.587. The molecule has 1 aromatic heterocycles. The largest absolute Gasteiger partial charge is 0.469 e. The van der Waals surface area contributed by atoms with Gasteiger partial charge < -0.3 is 15.0 Å². The SMILES string of the molecule is CC[C@H](NC(=O)N1CC[C@](C)(C(=O)OC)C1)c1cccs1. The first-order valence-corrected chi connectivity index (χ1v) is 8.05. The highest BCUT2D eigenvalue weighted by atomic mass is 32.1. The van der Waals surface area contributed by atoms with Gasteiger partial charge in [0.05, 0.1) is 18.6 Å². The summed E-state index contributed by atoms with van der Waals surface area (Å²) in [6.45, 7) is 4.89. The minimum atomic E-state index is -0.587. The number of urea groups is 1. The Balaban J connectivity index is 1.97. The van der Waals surface area contributed by atoms with E-state index in [0.29, 0.717) is 19.5 Å². The number of carbonyl (C=O) groups excluding carboxylic acids is 2. The first kappa shape index (κ1) is 15.8. The molecule has 116 valence electrons. The molecule has 5 nitrogen and oxygen atoms in total. The Morgan fingerprint density at radius 2 is 2.33 bits per heavy atom. The van der Waals surface area contributed by atoms with Crippen LogP contribution in [0.2, 0.25) is 0 Å². The zero-order valence-electron chi connectivity index (χ0n) is 12.7. The average Bonchev–Trinajstić information content (AvgIpc) is 3.14. The summed E-state index contributed by atoms with van der Waals surface area (Å²) < 4.78 is 4.83. The van der Waals surface area contributed by atoms with Crippen LogP contribution in [0.1, 0.15) is 37.6 Å². The average molecular weight is 310 g/mol. The molecule has 1 aliphatic heterocycles. The number of nitrogens with zero attached hydrogens (tertiary/aromatic N) is 1. The van der Waals surface area contributed by atoms with Crippen LogP contribution in [0.15, 0.2) is 17.5 Å². The van der Waals surface area contributed by atoms with Crippen LogP contribution in [0, 0.1) is 5.41 Å². The van der Waals surface area contributed by atoms with Crippen molar-refractivity contribution in [2.24, 2.45) is 5.41 Å². The van der Waals surface area contributed by atoms with Gasteiger partial charge in [0.1, 0.15) is 0 Å². The molecule has 1 N–H and O–H groups in total. The second kappa shape index (κ2) is 6.47. The third kappa shape index (κ3) is 3.37. The van der Waals surface area contributed by atoms with Crippen molar-refractivity contribution in [1.29, 1.82) is 0 Å². The van der Waals surface area contributed by atoms with E-state index in [2.05, 4.69) is 5.32 Å². The van der Waals surface area contributed by atoms with Gasteiger partial charge in [-0.1, -0.05) is 13.0 Å². The van der Waals surface area contributed by atoms with Crippen molar-refractivity contribution in [2.45, 2.75) is 32.7 Å². The van der Waals surface area contributed by atoms with Gasteiger partial charge in [-0.15, -0.1) is 11.3 Å². The van der Waals surface area contributed by atoms with E-state index < -0.39 is 5.41 Å². The van der Waals surface area contributed by atoms with Gasteiger partial charge in [0.2, 0.25) is 0 Å². The summed E-state index contributed by atoms with van der Waals surface area (Å²) in [5.74, 6) is -0.247. The molecule has 2 rings (SSSR count). The van der Waals surface area contributed by atoms with E-state index in [1.807, 2.05) is 31.4 Å². The maximum atomic E-state index is 12.4. The van der Waals surface area contributed by atoms with Crippen molar-refractivity contribution in [3.05, 3.63) is 22.4 Å². The van der Waals surface area contributed by atoms with E-state index in [1.54, 1.807) is 16.2 Å². The molecule has 0 aliphatic carbocycles. The number of ether oxygens (including phenoxy) is 1. The maximum absolute atomic E-state index is 12.4. The number of amides is 2. The van der Waals surface area contributed by atoms with E-state index in [0.717, 1.165) is 11.3 Å². The lowest BCUT2D eigenvalue weighted by Crippen LogP contribution is -2.42. The van der Waals surface area contributed by atoms with Gasteiger partial charge in [-0.25, -0.2) is 4.79 Å². The quantitative estimate of drug-likeness (QED) is 0.870. The molecule has 0 radical (unpaired) electrons. The summed E-state index contributed by atoms with van der Waals surface area (Å²) in [4.78, 5) is 27.0. The fraction of sp³-hybridized carbons (Fsp3) is 0.600. The van der Waals surface area contributed by atoms with Crippen LogP contribution in [0.4, 0.5) is 4.79 Å². The summed E-state index contributed by atoms with van der Waals surface area (Å²) in [5, 5.41) is 5.06. The molecule has 0 aromatic carbocycles. The van der Waals surface area contributed by atoms with Gasteiger partial charge in [0.25, 0.3) is 0 Å². The Kier molecular flexibility index (Phi) is 4.88. The van der Waals surface area contributed by atoms with Gasteiger partial charge in [-0.05, 0) is 31.2 Å². The highest BCUT2D eigenvalue weighted by Crippen LogP contribution is 2.31. The molecule has 6 heteroatoms. The minimum absolute atomic E-state index is 0.0301. The van der Waals surface area contributed by atoms with Crippen LogP contribution >= 0.6 is 11.3 Å². The van der Waals surface area contributed by atoms with Gasteiger partial charge in [0, 0.05) is 18.0 Å². The number of esters is 1. The van der Waals surface area contributed by atoms with Crippen LogP contribution in [-0.4, -0.2) is 37.1 Å². The number of likely N-dealkylation sites (tertiary alicyclic amines) is 1. The lowest BCUT2D eigenvalue weighted by molar-refractivity contribution is -0.150. The lowest BCUT2D eigenvalue weighted by atomic mass is 9.90. The Morgan fingerprint density at radius 3 is 2.90 bits per heavy atom. The molecule has 2 heterocycles. The maximum Gasteiger partial charge on any atom is 0.317 e. The van der Waals surface area contributed by atoms with Crippen molar-refractivity contribution >= 4 is 23.3 Å². The van der Waals surface area contributed by atoms with Gasteiger partial charge in [-0.3, -0.25) is 4.79 Å². The molecule has 1 aromatic rings. The first-order valence-electron chi connectivity index (χ1n) is 7.17. The van der Waals surface area contributed by atoms with Gasteiger partial charge in [0.15, 0.2) is 0 Å². The van der Waals surface area contributed by atoms with Crippen molar-refractivity contribution in [1.82, 2.24) is 10.2 Å². The molecule has 0 bridgehead atoms. The Labute approximate surface area is 129 Å². The third-order valence-corrected chi connectivity index (χ3v) is 5.02. The van der Waals surface area contributed by atoms with E-state index in [4.69, 9.17) is 4.74 Å². The van der Waals surface area contributed by atoms with Crippen LogP contribution < -0.4 is 5.32 Å². The minimum Gasteiger partial charge on any atom is -0.469 e. The zero-order valence-corrected chi connectivity index (χ0v) is 13.5. The molecule has 0 saturated carbocycles. The smallest absolute Gasteiger partial charge is 0.317 e. The molecule has 0 spiro atoms. The van der Waals surface area contributed by atoms with Gasteiger partial charge in [-0.2, -0.15) is 0 Å². The van der Waals surface area contributed by atoms with Crippen LogP contribution in [0.5, 0.6) is 0 Å². The number of hydrogen-bond acceptors (Lipinski definition) is 4. The Hall–Kier alpha value is -1.56. The predicted octanol–water partition coefficient (Wildman–Crippen LogP) is 2.79. The Bertz CT molecular complexity index is 503. The topological polar surface area (TPSA) is 58.6 Å². The zero-order chi connectivity index (χ0) is 15.5. The molecule has 2 atom stereocenters. The molecule has 1 aliphatic rings. The number of rotatable bonds is 4. The monoisotopic (exact) mass is 310 g/mol. The number of carbonyl (C=O) groups is 2. The number of hydrogen-bond donors (Lipinski definition) is 1. The summed E-state index contributed by atoms with van der Waals surface area (Å²) in [7, 11) is 1.39. The van der Waals surface area contributed by atoms with Crippen molar-refractivity contribution in [2.75, 3.05) is 20.2 Å². The number of nitrogens with one attached hydrogen (secondary N) is 1. The normalized spacial score (nSPS) is 22.9. The van der Waals surface area contributed by atoms with Crippen molar-refractivity contribution in [3.8, 4) is 0 Å². The van der Waals surface area contributed by atoms with E-state index in [1.165, 1.54) is 7.11 Å². The fourth-order valence-electron chi connectivity index (χ4n) is 2.65.